The number of nitrogens with two attached hydrogens (primary N) is 1. The Kier molecular flexibility index (Phi) is 4.45. The van der Waals surface area contributed by atoms with Crippen LogP contribution in [0.25, 0.3) is 0 Å². The van der Waals surface area contributed by atoms with Gasteiger partial charge in [-0.2, -0.15) is 0 Å². The normalized spacial score (nSPS) is 12.7. The van der Waals surface area contributed by atoms with Crippen LogP contribution in [0.2, 0.25) is 0 Å². The first-order valence-electron chi connectivity index (χ1n) is 6.98. The van der Waals surface area contributed by atoms with E-state index in [1.807, 2.05) is 31.6 Å². The molecule has 1 aromatic heterocycles. The lowest BCUT2D eigenvalue weighted by molar-refractivity contribution is 0.288. The summed E-state index contributed by atoms with van der Waals surface area (Å²) < 4.78 is 8.06. The molecule has 2 rings (SSSR count). The Hall–Kier alpha value is -1.81. The first kappa shape index (κ1) is 14.6. The molecule has 0 saturated carbocycles. The van der Waals surface area contributed by atoms with E-state index in [2.05, 4.69) is 36.4 Å². The first-order chi connectivity index (χ1) is 9.49. The van der Waals surface area contributed by atoms with Crippen LogP contribution in [0.15, 0.2) is 30.7 Å². The number of ether oxygens (including phenoxy) is 1. The number of imidazole rings is 1. The maximum Gasteiger partial charge on any atom is 0.130 e. The third kappa shape index (κ3) is 3.20. The largest absolute Gasteiger partial charge is 0.487 e. The number of benzene rings is 1. The van der Waals surface area contributed by atoms with Gasteiger partial charge in [-0.3, -0.25) is 0 Å². The van der Waals surface area contributed by atoms with Gasteiger partial charge in [0, 0.05) is 17.6 Å². The molecule has 2 aromatic rings. The second kappa shape index (κ2) is 6.09. The monoisotopic (exact) mass is 273 g/mol. The molecule has 0 radical (unpaired) electrons. The maximum absolute atomic E-state index is 6.01. The lowest BCUT2D eigenvalue weighted by Crippen LogP contribution is -2.10. The van der Waals surface area contributed by atoms with Crippen LogP contribution in [0, 0.1) is 6.92 Å². The number of aryl methyl sites for hydroxylation is 1. The highest BCUT2D eigenvalue weighted by atomic mass is 16.5. The van der Waals surface area contributed by atoms with Crippen molar-refractivity contribution in [1.82, 2.24) is 9.55 Å². The summed E-state index contributed by atoms with van der Waals surface area (Å²) in [5.74, 6) is 0.849. The predicted molar refractivity (Wildman–Crippen MR) is 80.7 cm³/mol. The minimum Gasteiger partial charge on any atom is -0.487 e. The molecule has 108 valence electrons. The summed E-state index contributed by atoms with van der Waals surface area (Å²) in [5.41, 5.74) is 9.31. The molecule has 1 atom stereocenters. The SMILES string of the molecule is Cc1ccc(OCc2cncn2C(C)C)c(C(C)N)c1. The van der Waals surface area contributed by atoms with E-state index < -0.39 is 0 Å². The van der Waals surface area contributed by atoms with Crippen molar-refractivity contribution in [1.29, 1.82) is 0 Å². The predicted octanol–water partition coefficient (Wildman–Crippen LogP) is 3.37. The van der Waals surface area contributed by atoms with Crippen molar-refractivity contribution in [3.8, 4) is 5.75 Å². The van der Waals surface area contributed by atoms with Gasteiger partial charge >= 0.3 is 0 Å². The van der Waals surface area contributed by atoms with E-state index in [0.29, 0.717) is 12.6 Å². The minimum absolute atomic E-state index is 0.0418. The molecule has 1 heterocycles. The van der Waals surface area contributed by atoms with Crippen molar-refractivity contribution in [2.75, 3.05) is 0 Å². The van der Waals surface area contributed by atoms with E-state index in [0.717, 1.165) is 17.0 Å². The standard InChI is InChI=1S/C16H23N3O/c1-11(2)19-10-18-8-14(19)9-20-16-6-5-12(3)7-15(16)13(4)17/h5-8,10-11,13H,9,17H2,1-4H3. The van der Waals surface area contributed by atoms with Gasteiger partial charge in [-0.05, 0) is 33.8 Å². The Morgan fingerprint density at radius 1 is 1.30 bits per heavy atom. The highest BCUT2D eigenvalue weighted by Crippen LogP contribution is 2.26. The quantitative estimate of drug-likeness (QED) is 0.908. The Morgan fingerprint density at radius 3 is 2.70 bits per heavy atom. The van der Waals surface area contributed by atoms with E-state index in [-0.39, 0.29) is 6.04 Å². The van der Waals surface area contributed by atoms with Gasteiger partial charge < -0.3 is 15.0 Å². The molecule has 20 heavy (non-hydrogen) atoms. The van der Waals surface area contributed by atoms with Gasteiger partial charge in [0.15, 0.2) is 0 Å². The van der Waals surface area contributed by atoms with E-state index in [9.17, 15) is 0 Å². The second-order valence-electron chi connectivity index (χ2n) is 5.50. The topological polar surface area (TPSA) is 53.1 Å². The fourth-order valence-electron chi connectivity index (χ4n) is 2.22. The molecule has 0 spiro atoms. The zero-order valence-corrected chi connectivity index (χ0v) is 12.6. The summed E-state index contributed by atoms with van der Waals surface area (Å²) in [6.07, 6.45) is 3.69. The summed E-state index contributed by atoms with van der Waals surface area (Å²) in [5, 5.41) is 0. The summed E-state index contributed by atoms with van der Waals surface area (Å²) in [6, 6.07) is 6.45. The molecular formula is C16H23N3O. The number of hydrogen-bond acceptors (Lipinski definition) is 3. The maximum atomic E-state index is 6.01. The molecule has 1 aromatic carbocycles. The molecule has 0 amide bonds. The molecule has 4 heteroatoms. The highest BCUT2D eigenvalue weighted by Gasteiger charge is 2.11. The van der Waals surface area contributed by atoms with Crippen LogP contribution < -0.4 is 10.5 Å². The van der Waals surface area contributed by atoms with Crippen LogP contribution >= 0.6 is 0 Å². The second-order valence-corrected chi connectivity index (χ2v) is 5.50. The van der Waals surface area contributed by atoms with Crippen LogP contribution in [0.5, 0.6) is 5.75 Å². The average molecular weight is 273 g/mol. The van der Waals surface area contributed by atoms with Crippen molar-refractivity contribution >= 4 is 0 Å². The smallest absolute Gasteiger partial charge is 0.130 e. The van der Waals surface area contributed by atoms with E-state index in [1.165, 1.54) is 5.56 Å². The third-order valence-electron chi connectivity index (χ3n) is 3.33. The van der Waals surface area contributed by atoms with Gasteiger partial charge in [-0.25, -0.2) is 4.98 Å². The Labute approximate surface area is 120 Å². The van der Waals surface area contributed by atoms with Crippen LogP contribution in [0.4, 0.5) is 0 Å². The van der Waals surface area contributed by atoms with Gasteiger partial charge in [0.05, 0.1) is 18.2 Å². The van der Waals surface area contributed by atoms with Crippen molar-refractivity contribution in [3.63, 3.8) is 0 Å². The summed E-state index contributed by atoms with van der Waals surface area (Å²) in [4.78, 5) is 4.19. The fourth-order valence-corrected chi connectivity index (χ4v) is 2.22. The highest BCUT2D eigenvalue weighted by molar-refractivity contribution is 5.38. The molecule has 0 bridgehead atoms. The van der Waals surface area contributed by atoms with Crippen molar-refractivity contribution < 1.29 is 4.74 Å². The summed E-state index contributed by atoms with van der Waals surface area (Å²) in [6.45, 7) is 8.79. The van der Waals surface area contributed by atoms with E-state index >= 15 is 0 Å². The van der Waals surface area contributed by atoms with Crippen LogP contribution in [-0.4, -0.2) is 9.55 Å². The van der Waals surface area contributed by atoms with Gasteiger partial charge in [0.25, 0.3) is 0 Å². The van der Waals surface area contributed by atoms with Crippen molar-refractivity contribution in [3.05, 3.63) is 47.5 Å². The summed E-state index contributed by atoms with van der Waals surface area (Å²) >= 11 is 0. The number of hydrogen-bond donors (Lipinski definition) is 1. The Morgan fingerprint density at radius 2 is 2.05 bits per heavy atom. The van der Waals surface area contributed by atoms with Crippen LogP contribution in [0.1, 0.15) is 49.7 Å². The molecular weight excluding hydrogens is 250 g/mol. The molecule has 4 nitrogen and oxygen atoms in total. The number of rotatable bonds is 5. The molecule has 2 N–H and O–H groups in total. The zero-order chi connectivity index (χ0) is 14.7. The summed E-state index contributed by atoms with van der Waals surface area (Å²) in [7, 11) is 0. The van der Waals surface area contributed by atoms with Gasteiger partial charge in [-0.1, -0.05) is 17.7 Å². The van der Waals surface area contributed by atoms with Crippen LogP contribution in [-0.2, 0) is 6.61 Å². The average Bonchev–Trinajstić information content (AvgIpc) is 2.85. The van der Waals surface area contributed by atoms with E-state index in [4.69, 9.17) is 10.5 Å². The lowest BCUT2D eigenvalue weighted by atomic mass is 10.1. The van der Waals surface area contributed by atoms with Gasteiger partial charge in [-0.15, -0.1) is 0 Å². The molecule has 0 aliphatic heterocycles. The van der Waals surface area contributed by atoms with Gasteiger partial charge in [0.1, 0.15) is 12.4 Å². The molecule has 0 saturated heterocycles. The molecule has 0 fully saturated rings. The Bertz CT molecular complexity index is 573. The molecule has 0 aliphatic rings. The van der Waals surface area contributed by atoms with Gasteiger partial charge in [0.2, 0.25) is 0 Å². The first-order valence-corrected chi connectivity index (χ1v) is 6.98. The fraction of sp³-hybridized carbons (Fsp3) is 0.438. The van der Waals surface area contributed by atoms with Crippen molar-refractivity contribution in [2.45, 2.75) is 46.4 Å². The lowest BCUT2D eigenvalue weighted by Gasteiger charge is -2.16. The van der Waals surface area contributed by atoms with Crippen LogP contribution in [0.3, 0.4) is 0 Å². The number of nitrogens with zero attached hydrogens (tertiary/aromatic N) is 2. The third-order valence-corrected chi connectivity index (χ3v) is 3.33. The zero-order valence-electron chi connectivity index (χ0n) is 12.6. The molecule has 0 aliphatic carbocycles. The van der Waals surface area contributed by atoms with E-state index in [1.54, 1.807) is 0 Å². The Balaban J connectivity index is 2.17. The molecule has 1 unspecified atom stereocenters. The van der Waals surface area contributed by atoms with Crippen molar-refractivity contribution in [2.24, 2.45) is 5.73 Å². The minimum atomic E-state index is -0.0418. The number of aromatic nitrogens is 2.